The Hall–Kier alpha value is -2.28. The van der Waals surface area contributed by atoms with Crippen LogP contribution in [-0.4, -0.2) is 27.1 Å². The number of hydrogen-bond donors (Lipinski definition) is 1. The van der Waals surface area contributed by atoms with Crippen molar-refractivity contribution in [3.63, 3.8) is 0 Å². The van der Waals surface area contributed by atoms with Crippen LogP contribution in [0, 0.1) is 11.6 Å². The maximum Gasteiger partial charge on any atom is 0.251 e. The lowest BCUT2D eigenvalue weighted by Crippen LogP contribution is -2.25. The molecule has 0 heterocycles. The molecule has 24 heavy (non-hydrogen) atoms. The number of carbonyl (C=O) groups excluding carboxylic acids is 1. The summed E-state index contributed by atoms with van der Waals surface area (Å²) < 4.78 is 48.8. The fraction of sp³-hybridized carbons (Fsp3) is 0.235. The molecule has 0 fully saturated rings. The molecule has 1 N–H and O–H groups in total. The summed E-state index contributed by atoms with van der Waals surface area (Å²) in [5.74, 6) is -1.84. The number of carbonyl (C=O) groups is 1. The van der Waals surface area contributed by atoms with E-state index in [1.54, 1.807) is 18.2 Å². The van der Waals surface area contributed by atoms with Gasteiger partial charge in [-0.05, 0) is 41.8 Å². The van der Waals surface area contributed by atoms with E-state index in [1.807, 2.05) is 0 Å². The van der Waals surface area contributed by atoms with Gasteiger partial charge in [0.15, 0.2) is 9.84 Å². The highest BCUT2D eigenvalue weighted by atomic mass is 32.2. The van der Waals surface area contributed by atoms with E-state index in [0.717, 1.165) is 12.3 Å². The van der Waals surface area contributed by atoms with Gasteiger partial charge in [-0.3, -0.25) is 4.79 Å². The van der Waals surface area contributed by atoms with Crippen LogP contribution in [0.2, 0.25) is 0 Å². The first-order valence-electron chi connectivity index (χ1n) is 7.23. The molecule has 0 aliphatic carbocycles. The average Bonchev–Trinajstić information content (AvgIpc) is 2.44. The molecule has 7 heteroatoms. The Morgan fingerprint density at radius 3 is 2.33 bits per heavy atom. The van der Waals surface area contributed by atoms with Crippen molar-refractivity contribution in [1.29, 1.82) is 0 Å². The van der Waals surface area contributed by atoms with E-state index in [1.165, 1.54) is 18.2 Å². The summed E-state index contributed by atoms with van der Waals surface area (Å²) in [7, 11) is -3.18. The second kappa shape index (κ2) is 7.53. The minimum Gasteiger partial charge on any atom is -0.352 e. The van der Waals surface area contributed by atoms with Crippen LogP contribution in [0.25, 0.3) is 0 Å². The number of benzene rings is 2. The second-order valence-corrected chi connectivity index (χ2v) is 7.69. The summed E-state index contributed by atoms with van der Waals surface area (Å²) in [6.45, 7) is 0.206. The van der Waals surface area contributed by atoms with E-state index in [0.29, 0.717) is 16.7 Å². The monoisotopic (exact) mass is 353 g/mol. The third kappa shape index (κ3) is 5.73. The molecule has 2 aromatic carbocycles. The van der Waals surface area contributed by atoms with Crippen molar-refractivity contribution in [1.82, 2.24) is 5.32 Å². The van der Waals surface area contributed by atoms with Crippen LogP contribution in [0.3, 0.4) is 0 Å². The van der Waals surface area contributed by atoms with Gasteiger partial charge in [-0.1, -0.05) is 12.1 Å². The molecule has 2 rings (SSSR count). The molecule has 0 aliphatic heterocycles. The van der Waals surface area contributed by atoms with Crippen LogP contribution < -0.4 is 5.32 Å². The summed E-state index contributed by atoms with van der Waals surface area (Å²) in [5.41, 5.74) is 1.30. The van der Waals surface area contributed by atoms with Gasteiger partial charge in [-0.25, -0.2) is 17.2 Å². The first kappa shape index (κ1) is 18.1. The summed E-state index contributed by atoms with van der Waals surface area (Å²) in [4.78, 5) is 12.1. The molecular formula is C17H17F2NO3S. The van der Waals surface area contributed by atoms with Crippen LogP contribution in [0.5, 0.6) is 0 Å². The molecule has 0 spiro atoms. The zero-order chi connectivity index (χ0) is 17.7. The van der Waals surface area contributed by atoms with E-state index < -0.39 is 21.5 Å². The van der Waals surface area contributed by atoms with Crippen molar-refractivity contribution in [2.75, 3.05) is 12.8 Å². The molecule has 0 bridgehead atoms. The van der Waals surface area contributed by atoms with Crippen molar-refractivity contribution < 1.29 is 22.0 Å². The van der Waals surface area contributed by atoms with E-state index in [9.17, 15) is 22.0 Å². The highest BCUT2D eigenvalue weighted by Crippen LogP contribution is 2.10. The minimum absolute atomic E-state index is 0.142. The van der Waals surface area contributed by atoms with Gasteiger partial charge in [0.05, 0.1) is 5.75 Å². The Morgan fingerprint density at radius 1 is 1.04 bits per heavy atom. The predicted molar refractivity (Wildman–Crippen MR) is 87.4 cm³/mol. The molecule has 0 radical (unpaired) electrons. The number of sulfone groups is 1. The highest BCUT2D eigenvalue weighted by molar-refractivity contribution is 7.89. The van der Waals surface area contributed by atoms with Crippen molar-refractivity contribution >= 4 is 15.7 Å². The Kier molecular flexibility index (Phi) is 5.66. The third-order valence-electron chi connectivity index (χ3n) is 3.24. The van der Waals surface area contributed by atoms with Crippen molar-refractivity contribution in [2.24, 2.45) is 0 Å². The summed E-state index contributed by atoms with van der Waals surface area (Å²) in [6.07, 6.45) is 1.40. The quantitative estimate of drug-likeness (QED) is 0.868. The van der Waals surface area contributed by atoms with Crippen molar-refractivity contribution in [2.45, 2.75) is 12.2 Å². The van der Waals surface area contributed by atoms with Gasteiger partial charge in [-0.15, -0.1) is 0 Å². The van der Waals surface area contributed by atoms with Crippen LogP contribution in [0.15, 0.2) is 42.5 Å². The fourth-order valence-corrected chi connectivity index (χ4v) is 3.07. The largest absolute Gasteiger partial charge is 0.352 e. The third-order valence-corrected chi connectivity index (χ3v) is 4.10. The van der Waals surface area contributed by atoms with Crippen LogP contribution in [0.1, 0.15) is 21.5 Å². The fourth-order valence-electron chi connectivity index (χ4n) is 2.28. The number of hydrogen-bond acceptors (Lipinski definition) is 3. The minimum atomic E-state index is -3.18. The molecule has 0 saturated heterocycles. The Balaban J connectivity index is 1.96. The molecule has 1 amide bonds. The summed E-state index contributed by atoms with van der Waals surface area (Å²) in [6, 6.07) is 9.53. The molecule has 0 aromatic heterocycles. The Morgan fingerprint density at radius 2 is 1.71 bits per heavy atom. The van der Waals surface area contributed by atoms with Gasteiger partial charge in [-0.2, -0.15) is 0 Å². The van der Waals surface area contributed by atoms with Gasteiger partial charge in [0.25, 0.3) is 5.91 Å². The van der Waals surface area contributed by atoms with Crippen molar-refractivity contribution in [3.8, 4) is 0 Å². The summed E-state index contributed by atoms with van der Waals surface area (Å²) in [5, 5.41) is 2.64. The maximum absolute atomic E-state index is 13.1. The standard InChI is InChI=1S/C17H17F2NO3S/c1-24(22,23)11-13-3-2-4-14(7-13)17(21)20-6-5-12-8-15(18)10-16(19)9-12/h2-4,7-10H,5-6,11H2,1H3,(H,20,21). The molecule has 4 nitrogen and oxygen atoms in total. The second-order valence-electron chi connectivity index (χ2n) is 5.55. The maximum atomic E-state index is 13.1. The smallest absolute Gasteiger partial charge is 0.251 e. The highest BCUT2D eigenvalue weighted by Gasteiger charge is 2.09. The van der Waals surface area contributed by atoms with E-state index >= 15 is 0 Å². The lowest BCUT2D eigenvalue weighted by Gasteiger charge is -2.07. The molecule has 0 unspecified atom stereocenters. The predicted octanol–water partition coefficient (Wildman–Crippen LogP) is 2.48. The molecule has 0 atom stereocenters. The Bertz CT molecular complexity index is 830. The van der Waals surface area contributed by atoms with Gasteiger partial charge < -0.3 is 5.32 Å². The Labute approximate surface area is 139 Å². The number of rotatable bonds is 6. The zero-order valence-electron chi connectivity index (χ0n) is 13.1. The van der Waals surface area contributed by atoms with Crippen LogP contribution in [0.4, 0.5) is 8.78 Å². The van der Waals surface area contributed by atoms with Crippen LogP contribution in [-0.2, 0) is 22.0 Å². The molecule has 128 valence electrons. The van der Waals surface area contributed by atoms with Gasteiger partial charge >= 0.3 is 0 Å². The molecule has 0 saturated carbocycles. The lowest BCUT2D eigenvalue weighted by atomic mass is 10.1. The average molecular weight is 353 g/mol. The van der Waals surface area contributed by atoms with Gasteiger partial charge in [0.2, 0.25) is 0 Å². The van der Waals surface area contributed by atoms with Crippen LogP contribution >= 0.6 is 0 Å². The molecule has 0 aliphatic rings. The van der Waals surface area contributed by atoms with E-state index in [4.69, 9.17) is 0 Å². The number of amides is 1. The number of halogens is 2. The number of nitrogens with one attached hydrogen (secondary N) is 1. The first-order valence-corrected chi connectivity index (χ1v) is 9.29. The summed E-state index contributed by atoms with van der Waals surface area (Å²) >= 11 is 0. The zero-order valence-corrected chi connectivity index (χ0v) is 13.9. The topological polar surface area (TPSA) is 63.2 Å². The van der Waals surface area contributed by atoms with Gasteiger partial charge in [0.1, 0.15) is 11.6 Å². The lowest BCUT2D eigenvalue weighted by molar-refractivity contribution is 0.0954. The first-order chi connectivity index (χ1) is 11.2. The normalized spacial score (nSPS) is 11.3. The molecular weight excluding hydrogens is 336 g/mol. The SMILES string of the molecule is CS(=O)(=O)Cc1cccc(C(=O)NCCc2cc(F)cc(F)c2)c1. The van der Waals surface area contributed by atoms with Crippen molar-refractivity contribution in [3.05, 3.63) is 70.8 Å². The van der Waals surface area contributed by atoms with E-state index in [-0.39, 0.29) is 24.6 Å². The molecule has 2 aromatic rings. The van der Waals surface area contributed by atoms with E-state index in [2.05, 4.69) is 5.32 Å². The van der Waals surface area contributed by atoms with Gasteiger partial charge in [0, 0.05) is 24.4 Å².